The topological polar surface area (TPSA) is 86.1 Å². The summed E-state index contributed by atoms with van der Waals surface area (Å²) in [4.78, 5) is 11.3. The van der Waals surface area contributed by atoms with E-state index in [-0.39, 0.29) is 5.76 Å². The monoisotopic (exact) mass is 262 g/mol. The minimum Gasteiger partial charge on any atom is -0.454 e. The van der Waals surface area contributed by atoms with Gasteiger partial charge >= 0.3 is 5.91 Å². The summed E-state index contributed by atoms with van der Waals surface area (Å²) in [5.74, 6) is 5.51. The molecule has 0 radical (unpaired) electrons. The highest BCUT2D eigenvalue weighted by atomic mass is 16.4. The predicted molar refractivity (Wildman–Crippen MR) is 70.4 cm³/mol. The maximum atomic E-state index is 11.3. The van der Waals surface area contributed by atoms with Gasteiger partial charge in [0.1, 0.15) is 5.76 Å². The Bertz CT molecular complexity index is 571. The van der Waals surface area contributed by atoms with E-state index in [1.807, 2.05) is 10.1 Å². The van der Waals surface area contributed by atoms with Gasteiger partial charge in [0, 0.05) is 5.69 Å². The summed E-state index contributed by atoms with van der Waals surface area (Å²) >= 11 is 0. The van der Waals surface area contributed by atoms with E-state index in [0.29, 0.717) is 12.3 Å². The highest BCUT2D eigenvalue weighted by Crippen LogP contribution is 2.13. The van der Waals surface area contributed by atoms with Gasteiger partial charge in [-0.25, -0.2) is 5.84 Å². The van der Waals surface area contributed by atoms with E-state index in [1.165, 1.54) is 0 Å². The van der Waals surface area contributed by atoms with E-state index in [9.17, 15) is 4.79 Å². The van der Waals surface area contributed by atoms with Crippen LogP contribution in [0.15, 0.2) is 22.6 Å². The summed E-state index contributed by atoms with van der Waals surface area (Å²) in [6, 6.07) is 5.46. The van der Waals surface area contributed by atoms with Gasteiger partial charge in [0.05, 0.1) is 12.2 Å². The van der Waals surface area contributed by atoms with Crippen LogP contribution in [0.5, 0.6) is 0 Å². The average Bonchev–Trinajstić information content (AvgIpc) is 3.05. The summed E-state index contributed by atoms with van der Waals surface area (Å²) in [5, 5.41) is 4.50. The molecule has 0 bridgehead atoms. The molecule has 0 atom stereocenters. The minimum atomic E-state index is -0.434. The number of nitrogens with one attached hydrogen (secondary N) is 1. The Kier molecular flexibility index (Phi) is 4.01. The van der Waals surface area contributed by atoms with E-state index < -0.39 is 5.91 Å². The first-order chi connectivity index (χ1) is 9.17. The first-order valence-corrected chi connectivity index (χ1v) is 6.33. The number of carbonyl (C=O) groups excluding carboxylic acids is 1. The van der Waals surface area contributed by atoms with Crippen LogP contribution in [0.1, 0.15) is 41.6 Å². The fraction of sp³-hybridized carbons (Fsp3) is 0.385. The average molecular weight is 262 g/mol. The fourth-order valence-corrected chi connectivity index (χ4v) is 1.91. The Hall–Kier alpha value is -2.08. The van der Waals surface area contributed by atoms with E-state index >= 15 is 0 Å². The molecule has 0 aliphatic heterocycles. The zero-order valence-corrected chi connectivity index (χ0v) is 11.1. The SMILES string of the molecule is CCc1cc(CC)n(Cc2ccc(C(=O)NN)o2)n1. The van der Waals surface area contributed by atoms with Gasteiger partial charge in [-0.15, -0.1) is 0 Å². The summed E-state index contributed by atoms with van der Waals surface area (Å²) < 4.78 is 7.33. The van der Waals surface area contributed by atoms with Gasteiger partial charge in [-0.1, -0.05) is 13.8 Å². The molecule has 0 aliphatic carbocycles. The molecule has 0 spiro atoms. The van der Waals surface area contributed by atoms with Gasteiger partial charge in [0.25, 0.3) is 0 Å². The number of hydrazine groups is 1. The first-order valence-electron chi connectivity index (χ1n) is 6.33. The number of nitrogen functional groups attached to an aromatic ring is 1. The zero-order chi connectivity index (χ0) is 13.8. The van der Waals surface area contributed by atoms with E-state index in [2.05, 4.69) is 25.0 Å². The molecule has 2 aromatic heterocycles. The normalized spacial score (nSPS) is 10.7. The summed E-state index contributed by atoms with van der Waals surface area (Å²) in [6.45, 7) is 4.67. The Labute approximate surface area is 111 Å². The minimum absolute atomic E-state index is 0.207. The van der Waals surface area contributed by atoms with Crippen molar-refractivity contribution in [1.82, 2.24) is 15.2 Å². The number of hydrogen-bond acceptors (Lipinski definition) is 4. The lowest BCUT2D eigenvalue weighted by molar-refractivity contribution is 0.0924. The van der Waals surface area contributed by atoms with Crippen molar-refractivity contribution >= 4 is 5.91 Å². The van der Waals surface area contributed by atoms with Crippen LogP contribution in [0, 0.1) is 0 Å². The van der Waals surface area contributed by atoms with Crippen LogP contribution in [0.3, 0.4) is 0 Å². The number of rotatable bonds is 5. The molecule has 19 heavy (non-hydrogen) atoms. The van der Waals surface area contributed by atoms with Crippen molar-refractivity contribution in [1.29, 1.82) is 0 Å². The molecule has 0 aromatic carbocycles. The van der Waals surface area contributed by atoms with Crippen molar-refractivity contribution in [3.8, 4) is 0 Å². The van der Waals surface area contributed by atoms with Crippen LogP contribution < -0.4 is 11.3 Å². The summed E-state index contributed by atoms with van der Waals surface area (Å²) in [6.07, 6.45) is 1.81. The molecule has 2 aromatic rings. The van der Waals surface area contributed by atoms with Gasteiger partial charge in [0.15, 0.2) is 5.76 Å². The second kappa shape index (κ2) is 5.71. The first kappa shape index (κ1) is 13.4. The molecule has 0 fully saturated rings. The number of nitrogens with zero attached hydrogens (tertiary/aromatic N) is 2. The van der Waals surface area contributed by atoms with Crippen LogP contribution >= 0.6 is 0 Å². The molecular formula is C13H18N4O2. The third-order valence-corrected chi connectivity index (χ3v) is 2.96. The van der Waals surface area contributed by atoms with Crippen molar-refractivity contribution in [3.63, 3.8) is 0 Å². The van der Waals surface area contributed by atoms with Crippen molar-refractivity contribution in [3.05, 3.63) is 41.1 Å². The molecule has 0 aliphatic rings. The largest absolute Gasteiger partial charge is 0.454 e. The number of hydrogen-bond donors (Lipinski definition) is 2. The molecule has 1 amide bonds. The molecule has 0 unspecified atom stereocenters. The van der Waals surface area contributed by atoms with E-state index in [4.69, 9.17) is 10.3 Å². The lowest BCUT2D eigenvalue weighted by Gasteiger charge is -2.03. The van der Waals surface area contributed by atoms with Crippen LogP contribution in [-0.2, 0) is 19.4 Å². The Morgan fingerprint density at radius 1 is 1.42 bits per heavy atom. The smallest absolute Gasteiger partial charge is 0.300 e. The number of aryl methyl sites for hydroxylation is 2. The van der Waals surface area contributed by atoms with Gasteiger partial charge in [-0.2, -0.15) is 5.10 Å². The second-order valence-electron chi connectivity index (χ2n) is 4.23. The lowest BCUT2D eigenvalue weighted by Crippen LogP contribution is -2.29. The van der Waals surface area contributed by atoms with E-state index in [0.717, 1.165) is 24.2 Å². The van der Waals surface area contributed by atoms with Crippen molar-refractivity contribution in [2.24, 2.45) is 5.84 Å². The maximum absolute atomic E-state index is 11.3. The zero-order valence-electron chi connectivity index (χ0n) is 11.1. The molecule has 102 valence electrons. The molecule has 6 nitrogen and oxygen atoms in total. The summed E-state index contributed by atoms with van der Waals surface area (Å²) in [5.41, 5.74) is 4.25. The molecule has 0 saturated heterocycles. The highest BCUT2D eigenvalue weighted by Gasteiger charge is 2.12. The van der Waals surface area contributed by atoms with E-state index in [1.54, 1.807) is 12.1 Å². The second-order valence-corrected chi connectivity index (χ2v) is 4.23. The van der Waals surface area contributed by atoms with Gasteiger partial charge in [-0.05, 0) is 31.0 Å². The van der Waals surface area contributed by atoms with Crippen LogP contribution in [0.2, 0.25) is 0 Å². The lowest BCUT2D eigenvalue weighted by atomic mass is 10.2. The maximum Gasteiger partial charge on any atom is 0.300 e. The molecule has 2 heterocycles. The third-order valence-electron chi connectivity index (χ3n) is 2.96. The van der Waals surface area contributed by atoms with Gasteiger partial charge in [-0.3, -0.25) is 14.9 Å². The number of furan rings is 1. The fourth-order valence-electron chi connectivity index (χ4n) is 1.91. The van der Waals surface area contributed by atoms with Crippen LogP contribution in [0.4, 0.5) is 0 Å². The number of carbonyl (C=O) groups is 1. The number of nitrogens with two attached hydrogens (primary N) is 1. The highest BCUT2D eigenvalue weighted by molar-refractivity contribution is 5.90. The standard InChI is InChI=1S/C13H18N4O2/c1-3-9-7-10(4-2)17(16-9)8-11-5-6-12(19-11)13(18)15-14/h5-7H,3-4,8,14H2,1-2H3,(H,15,18). The van der Waals surface area contributed by atoms with Crippen LogP contribution in [-0.4, -0.2) is 15.7 Å². The van der Waals surface area contributed by atoms with Gasteiger partial charge in [0.2, 0.25) is 0 Å². The Balaban J connectivity index is 2.18. The molecule has 3 N–H and O–H groups in total. The molecule has 2 rings (SSSR count). The summed E-state index contributed by atoms with van der Waals surface area (Å²) in [7, 11) is 0. The van der Waals surface area contributed by atoms with Crippen LogP contribution in [0.25, 0.3) is 0 Å². The quantitative estimate of drug-likeness (QED) is 0.482. The predicted octanol–water partition coefficient (Wildman–Crippen LogP) is 1.25. The van der Waals surface area contributed by atoms with Crippen molar-refractivity contribution in [2.75, 3.05) is 0 Å². The van der Waals surface area contributed by atoms with Crippen molar-refractivity contribution < 1.29 is 9.21 Å². The number of amides is 1. The van der Waals surface area contributed by atoms with Gasteiger partial charge < -0.3 is 4.42 Å². The molecule has 6 heteroatoms. The Morgan fingerprint density at radius 3 is 2.84 bits per heavy atom. The molecule has 0 saturated carbocycles. The van der Waals surface area contributed by atoms with Crippen molar-refractivity contribution in [2.45, 2.75) is 33.2 Å². The third kappa shape index (κ3) is 2.85. The number of aromatic nitrogens is 2. The Morgan fingerprint density at radius 2 is 2.21 bits per heavy atom. The molecular weight excluding hydrogens is 244 g/mol.